The molecule has 1 aliphatic heterocycles. The van der Waals surface area contributed by atoms with Crippen LogP contribution in [0, 0.1) is 34.6 Å². The van der Waals surface area contributed by atoms with Crippen molar-refractivity contribution in [1.82, 2.24) is 14.2 Å². The van der Waals surface area contributed by atoms with Crippen molar-refractivity contribution in [3.8, 4) is 0 Å². The van der Waals surface area contributed by atoms with E-state index in [0.29, 0.717) is 31.1 Å². The second-order valence-corrected chi connectivity index (χ2v) is 10.5. The van der Waals surface area contributed by atoms with Gasteiger partial charge in [-0.25, -0.2) is 8.42 Å². The van der Waals surface area contributed by atoms with Gasteiger partial charge in [0.1, 0.15) is 0 Å². The second-order valence-electron chi connectivity index (χ2n) is 8.63. The van der Waals surface area contributed by atoms with E-state index in [9.17, 15) is 8.42 Å². The van der Waals surface area contributed by atoms with Gasteiger partial charge >= 0.3 is 0 Å². The summed E-state index contributed by atoms with van der Waals surface area (Å²) in [4.78, 5) is 7.37. The van der Waals surface area contributed by atoms with E-state index in [-0.39, 0.29) is 0 Å². The Kier molecular flexibility index (Phi) is 5.90. The van der Waals surface area contributed by atoms with Crippen molar-refractivity contribution < 1.29 is 8.42 Å². The first kappa shape index (κ1) is 21.9. The molecule has 0 amide bonds. The van der Waals surface area contributed by atoms with Gasteiger partial charge in [0, 0.05) is 44.3 Å². The molecule has 31 heavy (non-hydrogen) atoms. The predicted octanol–water partition coefficient (Wildman–Crippen LogP) is 4.28. The minimum absolute atomic E-state index is 0.500. The summed E-state index contributed by atoms with van der Waals surface area (Å²) in [6.45, 7) is 13.2. The van der Waals surface area contributed by atoms with Crippen molar-refractivity contribution in [2.24, 2.45) is 0 Å². The molecule has 1 aliphatic rings. The van der Waals surface area contributed by atoms with Gasteiger partial charge in [0.25, 0.3) is 0 Å². The molecule has 2 aromatic carbocycles. The van der Waals surface area contributed by atoms with E-state index in [2.05, 4.69) is 41.1 Å². The number of para-hydroxylation sites is 1. The quantitative estimate of drug-likeness (QED) is 0.611. The maximum absolute atomic E-state index is 13.6. The number of aromatic nitrogens is 1. The first-order valence-electron chi connectivity index (χ1n) is 10.8. The number of rotatable bonds is 4. The molecular weight excluding hydrogens is 406 g/mol. The lowest BCUT2D eigenvalue weighted by molar-refractivity contribution is 0.182. The third-order valence-electron chi connectivity index (χ3n) is 6.97. The topological polar surface area (TPSA) is 53.5 Å². The summed E-state index contributed by atoms with van der Waals surface area (Å²) in [6.07, 6.45) is 1.83. The predicted molar refractivity (Wildman–Crippen MR) is 126 cm³/mol. The van der Waals surface area contributed by atoms with Crippen molar-refractivity contribution in [2.75, 3.05) is 26.2 Å². The average molecular weight is 438 g/mol. The Hall–Kier alpha value is -2.28. The van der Waals surface area contributed by atoms with Gasteiger partial charge in [-0.2, -0.15) is 4.31 Å². The van der Waals surface area contributed by atoms with Crippen molar-refractivity contribution >= 4 is 20.9 Å². The molecule has 6 heteroatoms. The lowest BCUT2D eigenvalue weighted by Gasteiger charge is -2.35. The van der Waals surface area contributed by atoms with Gasteiger partial charge < -0.3 is 0 Å². The number of fused-ring (bicyclic) bond motifs is 1. The largest absolute Gasteiger partial charge is 0.296 e. The Morgan fingerprint density at radius 3 is 2.03 bits per heavy atom. The van der Waals surface area contributed by atoms with Crippen molar-refractivity contribution in [2.45, 2.75) is 46.1 Å². The summed E-state index contributed by atoms with van der Waals surface area (Å²) in [5.41, 5.74) is 7.30. The van der Waals surface area contributed by atoms with Crippen molar-refractivity contribution in [3.05, 3.63) is 69.9 Å². The van der Waals surface area contributed by atoms with Crippen LogP contribution in [0.3, 0.4) is 0 Å². The van der Waals surface area contributed by atoms with Gasteiger partial charge in [-0.1, -0.05) is 24.3 Å². The fourth-order valence-corrected chi connectivity index (χ4v) is 6.63. The average Bonchev–Trinajstić information content (AvgIpc) is 2.77. The number of nitrogens with zero attached hydrogens (tertiary/aromatic N) is 3. The Morgan fingerprint density at radius 1 is 0.806 bits per heavy atom. The molecule has 1 aromatic heterocycles. The van der Waals surface area contributed by atoms with Crippen LogP contribution in [-0.4, -0.2) is 48.8 Å². The van der Waals surface area contributed by atoms with Crippen LogP contribution in [0.15, 0.2) is 41.4 Å². The van der Waals surface area contributed by atoms with Crippen LogP contribution in [0.5, 0.6) is 0 Å². The number of benzene rings is 2. The summed E-state index contributed by atoms with van der Waals surface area (Å²) < 4.78 is 28.8. The Morgan fingerprint density at radius 2 is 1.39 bits per heavy atom. The lowest BCUT2D eigenvalue weighted by Crippen LogP contribution is -2.48. The Labute approximate surface area is 185 Å². The highest BCUT2D eigenvalue weighted by Gasteiger charge is 2.32. The number of piperazine rings is 1. The third-order valence-corrected chi connectivity index (χ3v) is 9.14. The number of sulfonamides is 1. The van der Waals surface area contributed by atoms with Gasteiger partial charge in [-0.05, 0) is 74.1 Å². The number of hydrogen-bond acceptors (Lipinski definition) is 4. The van der Waals surface area contributed by atoms with E-state index in [1.165, 1.54) is 11.1 Å². The number of pyridine rings is 1. The molecule has 0 aliphatic carbocycles. The fourth-order valence-electron chi connectivity index (χ4n) is 4.65. The Bertz CT molecular complexity index is 1210. The molecule has 0 radical (unpaired) electrons. The van der Waals surface area contributed by atoms with E-state index in [4.69, 9.17) is 0 Å². The minimum Gasteiger partial charge on any atom is -0.296 e. The van der Waals surface area contributed by atoms with E-state index >= 15 is 0 Å². The van der Waals surface area contributed by atoms with Gasteiger partial charge in [0.2, 0.25) is 10.0 Å². The molecule has 3 aromatic rings. The number of hydrogen-bond donors (Lipinski definition) is 0. The van der Waals surface area contributed by atoms with Gasteiger partial charge in [0.15, 0.2) is 0 Å². The molecule has 0 spiro atoms. The molecular formula is C25H31N3O2S. The van der Waals surface area contributed by atoms with Crippen LogP contribution >= 0.6 is 0 Å². The highest BCUT2D eigenvalue weighted by atomic mass is 32.2. The molecule has 2 heterocycles. The minimum atomic E-state index is -3.52. The molecule has 1 saturated heterocycles. The van der Waals surface area contributed by atoms with Crippen molar-refractivity contribution in [3.63, 3.8) is 0 Å². The maximum Gasteiger partial charge on any atom is 0.243 e. The van der Waals surface area contributed by atoms with E-state index < -0.39 is 10.0 Å². The lowest BCUT2D eigenvalue weighted by atomic mass is 9.95. The summed E-state index contributed by atoms with van der Waals surface area (Å²) in [5, 5.41) is 1.14. The van der Waals surface area contributed by atoms with Crippen LogP contribution < -0.4 is 0 Å². The first-order valence-corrected chi connectivity index (χ1v) is 12.3. The Balaban J connectivity index is 1.54. The summed E-state index contributed by atoms with van der Waals surface area (Å²) in [6, 6.07) is 10.3. The van der Waals surface area contributed by atoms with Gasteiger partial charge in [-0.3, -0.25) is 9.88 Å². The first-order chi connectivity index (χ1) is 14.7. The van der Waals surface area contributed by atoms with Crippen LogP contribution in [0.25, 0.3) is 10.9 Å². The molecule has 0 N–H and O–H groups in total. The zero-order chi connectivity index (χ0) is 22.3. The third kappa shape index (κ3) is 3.88. The second kappa shape index (κ2) is 8.34. The standard InChI is InChI=1S/C25H31N3O2S/c1-17-18(2)20(4)25(21(5)19(17)3)31(29,30)28-14-12-27(13-15-28)16-23-9-6-8-22-10-7-11-26-24(22)23/h6-11H,12-16H2,1-5H3. The normalized spacial score (nSPS) is 16.2. The molecule has 1 fully saturated rings. The van der Waals surface area contributed by atoms with Crippen LogP contribution in [-0.2, 0) is 16.6 Å². The van der Waals surface area contributed by atoms with Gasteiger partial charge in [-0.15, -0.1) is 0 Å². The molecule has 0 atom stereocenters. The SMILES string of the molecule is Cc1c(C)c(C)c(S(=O)(=O)N2CCN(Cc3cccc4cccnc34)CC2)c(C)c1C. The zero-order valence-corrected chi connectivity index (χ0v) is 19.9. The molecule has 0 saturated carbocycles. The molecule has 5 nitrogen and oxygen atoms in total. The summed E-state index contributed by atoms with van der Waals surface area (Å²) in [5.74, 6) is 0. The van der Waals surface area contributed by atoms with E-state index in [1.807, 2.05) is 40.0 Å². The molecule has 4 rings (SSSR count). The summed E-state index contributed by atoms with van der Waals surface area (Å²) >= 11 is 0. The maximum atomic E-state index is 13.6. The summed E-state index contributed by atoms with van der Waals surface area (Å²) in [7, 11) is -3.52. The molecule has 0 unspecified atom stereocenters. The monoisotopic (exact) mass is 437 g/mol. The van der Waals surface area contributed by atoms with Crippen LogP contribution in [0.1, 0.15) is 33.4 Å². The van der Waals surface area contributed by atoms with E-state index in [0.717, 1.165) is 39.7 Å². The molecule has 0 bridgehead atoms. The highest BCUT2D eigenvalue weighted by Crippen LogP contribution is 2.32. The van der Waals surface area contributed by atoms with Crippen LogP contribution in [0.2, 0.25) is 0 Å². The smallest absolute Gasteiger partial charge is 0.243 e. The highest BCUT2D eigenvalue weighted by molar-refractivity contribution is 7.89. The van der Waals surface area contributed by atoms with Gasteiger partial charge in [0.05, 0.1) is 10.4 Å². The zero-order valence-electron chi connectivity index (χ0n) is 19.1. The van der Waals surface area contributed by atoms with Crippen LogP contribution in [0.4, 0.5) is 0 Å². The molecule has 164 valence electrons. The fraction of sp³-hybridized carbons (Fsp3) is 0.400. The van der Waals surface area contributed by atoms with Crippen molar-refractivity contribution in [1.29, 1.82) is 0 Å². The van der Waals surface area contributed by atoms with E-state index in [1.54, 1.807) is 4.31 Å².